The van der Waals surface area contributed by atoms with E-state index in [9.17, 15) is 14.7 Å². The number of esters is 2. The van der Waals surface area contributed by atoms with Gasteiger partial charge in [-0.3, -0.25) is 9.69 Å². The molecule has 0 saturated carbocycles. The molecule has 3 fully saturated rings. The minimum atomic E-state index is -0.310. The summed E-state index contributed by atoms with van der Waals surface area (Å²) in [4.78, 5) is 26.2. The topological polar surface area (TPSA) is 76.1 Å². The maximum Gasteiger partial charge on any atom is 0.333 e. The van der Waals surface area contributed by atoms with Crippen LogP contribution in [0.3, 0.4) is 0 Å². The maximum atomic E-state index is 12.4. The summed E-state index contributed by atoms with van der Waals surface area (Å²) < 4.78 is 10.6. The molecule has 0 aromatic heterocycles. The van der Waals surface area contributed by atoms with E-state index in [1.165, 1.54) is 0 Å². The number of hydrogen-bond donors (Lipinski definition) is 1. The monoisotopic (exact) mass is 337 g/mol. The molecule has 0 aliphatic carbocycles. The average molecular weight is 337 g/mol. The lowest BCUT2D eigenvalue weighted by Gasteiger charge is -2.23. The van der Waals surface area contributed by atoms with E-state index in [2.05, 4.69) is 4.90 Å². The van der Waals surface area contributed by atoms with Gasteiger partial charge in [0.25, 0.3) is 0 Å². The van der Waals surface area contributed by atoms with Crippen LogP contribution in [0.5, 0.6) is 0 Å². The number of aliphatic hydroxyl groups is 1. The second-order valence-corrected chi connectivity index (χ2v) is 7.23. The van der Waals surface area contributed by atoms with Crippen molar-refractivity contribution >= 4 is 11.9 Å². The van der Waals surface area contributed by atoms with E-state index in [1.54, 1.807) is 6.08 Å². The molecule has 5 atom stereocenters. The second-order valence-electron chi connectivity index (χ2n) is 7.23. The van der Waals surface area contributed by atoms with Crippen LogP contribution in [0.25, 0.3) is 0 Å². The normalized spacial score (nSPS) is 36.7. The Hall–Kier alpha value is -1.40. The van der Waals surface area contributed by atoms with Crippen molar-refractivity contribution in [3.63, 3.8) is 0 Å². The van der Waals surface area contributed by atoms with Gasteiger partial charge in [0.2, 0.25) is 0 Å². The van der Waals surface area contributed by atoms with Crippen LogP contribution in [-0.2, 0) is 19.1 Å². The molecular formula is C18H27NO5. The summed E-state index contributed by atoms with van der Waals surface area (Å²) >= 11 is 0. The number of nitrogens with zero attached hydrogens (tertiary/aromatic N) is 1. The van der Waals surface area contributed by atoms with Gasteiger partial charge >= 0.3 is 11.9 Å². The highest BCUT2D eigenvalue weighted by Crippen LogP contribution is 2.33. The third-order valence-electron chi connectivity index (χ3n) is 5.84. The smallest absolute Gasteiger partial charge is 0.333 e. The van der Waals surface area contributed by atoms with Crippen molar-refractivity contribution in [3.05, 3.63) is 11.6 Å². The number of fused-ring (bicyclic) bond motifs is 1. The zero-order chi connectivity index (χ0) is 17.3. The first-order valence-electron chi connectivity index (χ1n) is 8.92. The lowest BCUT2D eigenvalue weighted by molar-refractivity contribution is -0.142. The zero-order valence-electron chi connectivity index (χ0n) is 14.4. The van der Waals surface area contributed by atoms with Crippen molar-refractivity contribution < 1.29 is 24.2 Å². The van der Waals surface area contributed by atoms with Crippen LogP contribution in [0.15, 0.2) is 11.6 Å². The molecule has 3 saturated heterocycles. The highest BCUT2D eigenvalue weighted by atomic mass is 16.5. The lowest BCUT2D eigenvalue weighted by atomic mass is 9.90. The van der Waals surface area contributed by atoms with Crippen molar-refractivity contribution in [3.8, 4) is 0 Å². The number of carbonyl (C=O) groups is 2. The number of rotatable bonds is 5. The largest absolute Gasteiger partial charge is 0.465 e. The molecule has 3 rings (SSSR count). The van der Waals surface area contributed by atoms with Crippen LogP contribution >= 0.6 is 0 Å². The highest BCUT2D eigenvalue weighted by molar-refractivity contribution is 5.88. The zero-order valence-corrected chi connectivity index (χ0v) is 14.4. The van der Waals surface area contributed by atoms with Crippen LogP contribution in [0.1, 0.15) is 33.1 Å². The van der Waals surface area contributed by atoms with Crippen LogP contribution in [0, 0.1) is 17.8 Å². The summed E-state index contributed by atoms with van der Waals surface area (Å²) in [5.74, 6) is -0.431. The molecule has 3 aliphatic rings. The SMILES string of the molecule is CC=C(CC1COC(=O)C1C)C(=O)OCC1CCN2CCC(O)C12. The summed E-state index contributed by atoms with van der Waals surface area (Å²) in [5.41, 5.74) is 0.604. The molecule has 3 aliphatic heterocycles. The van der Waals surface area contributed by atoms with Crippen LogP contribution in [-0.4, -0.2) is 60.4 Å². The standard InChI is InChI=1S/C18H27NO5/c1-3-12(8-14-10-23-17(21)11(14)2)18(22)24-9-13-4-6-19-7-5-15(20)16(13)19/h3,11,13-16,20H,4-10H2,1-2H3. The Balaban J connectivity index is 1.51. The van der Waals surface area contributed by atoms with E-state index < -0.39 is 0 Å². The summed E-state index contributed by atoms with van der Waals surface area (Å²) in [5, 5.41) is 10.1. The molecule has 0 amide bonds. The maximum absolute atomic E-state index is 12.4. The summed E-state index contributed by atoms with van der Waals surface area (Å²) in [7, 11) is 0. The van der Waals surface area contributed by atoms with Crippen LogP contribution < -0.4 is 0 Å². The number of cyclic esters (lactones) is 1. The quantitative estimate of drug-likeness (QED) is 0.599. The fourth-order valence-corrected chi connectivity index (χ4v) is 4.19. The van der Waals surface area contributed by atoms with Crippen molar-refractivity contribution in [1.82, 2.24) is 4.90 Å². The predicted molar refractivity (Wildman–Crippen MR) is 87.0 cm³/mol. The van der Waals surface area contributed by atoms with Gasteiger partial charge in [0.1, 0.15) is 0 Å². The molecule has 0 bridgehead atoms. The Kier molecular flexibility index (Phi) is 5.25. The molecule has 6 heteroatoms. The molecule has 3 heterocycles. The molecular weight excluding hydrogens is 310 g/mol. The molecule has 5 unspecified atom stereocenters. The fourth-order valence-electron chi connectivity index (χ4n) is 4.19. The molecule has 134 valence electrons. The third kappa shape index (κ3) is 3.35. The van der Waals surface area contributed by atoms with Crippen molar-refractivity contribution in [2.75, 3.05) is 26.3 Å². The van der Waals surface area contributed by atoms with Crippen molar-refractivity contribution in [2.45, 2.75) is 45.3 Å². The van der Waals surface area contributed by atoms with Crippen molar-refractivity contribution in [2.24, 2.45) is 17.8 Å². The Bertz CT molecular complexity index is 532. The van der Waals surface area contributed by atoms with E-state index in [1.807, 2.05) is 13.8 Å². The number of carbonyl (C=O) groups excluding carboxylic acids is 2. The average Bonchev–Trinajstić information content (AvgIpc) is 3.23. The highest BCUT2D eigenvalue weighted by Gasteiger charge is 2.43. The summed E-state index contributed by atoms with van der Waals surface area (Å²) in [6.07, 6.45) is 3.74. The third-order valence-corrected chi connectivity index (χ3v) is 5.84. The summed E-state index contributed by atoms with van der Waals surface area (Å²) in [6.45, 7) is 6.29. The number of hydrogen-bond acceptors (Lipinski definition) is 6. The first-order chi connectivity index (χ1) is 11.5. The van der Waals surface area contributed by atoms with E-state index in [0.717, 1.165) is 25.9 Å². The Morgan fingerprint density at radius 2 is 2.12 bits per heavy atom. The predicted octanol–water partition coefficient (Wildman–Crippen LogP) is 1.13. The van der Waals surface area contributed by atoms with Gasteiger partial charge < -0.3 is 14.6 Å². The molecule has 0 aromatic carbocycles. The number of aliphatic hydroxyl groups excluding tert-OH is 1. The first-order valence-corrected chi connectivity index (χ1v) is 8.92. The first kappa shape index (κ1) is 17.4. The minimum Gasteiger partial charge on any atom is -0.465 e. The molecule has 1 N–H and O–H groups in total. The van der Waals surface area contributed by atoms with Gasteiger partial charge in [0, 0.05) is 30.0 Å². The Labute approximate surface area is 142 Å². The van der Waals surface area contributed by atoms with E-state index in [-0.39, 0.29) is 41.8 Å². The van der Waals surface area contributed by atoms with Gasteiger partial charge in [0.05, 0.1) is 25.2 Å². The number of ether oxygens (including phenoxy) is 2. The van der Waals surface area contributed by atoms with E-state index in [0.29, 0.717) is 25.2 Å². The molecule has 6 nitrogen and oxygen atoms in total. The molecule has 0 radical (unpaired) electrons. The second kappa shape index (κ2) is 7.23. The Morgan fingerprint density at radius 1 is 1.38 bits per heavy atom. The van der Waals surface area contributed by atoms with Gasteiger partial charge in [-0.1, -0.05) is 13.0 Å². The van der Waals surface area contributed by atoms with Crippen LogP contribution in [0.2, 0.25) is 0 Å². The minimum absolute atomic E-state index is 0.0369. The van der Waals surface area contributed by atoms with Gasteiger partial charge in [-0.15, -0.1) is 0 Å². The van der Waals surface area contributed by atoms with E-state index in [4.69, 9.17) is 9.47 Å². The fraction of sp³-hybridized carbons (Fsp3) is 0.778. The van der Waals surface area contributed by atoms with Crippen molar-refractivity contribution in [1.29, 1.82) is 0 Å². The Morgan fingerprint density at radius 3 is 2.79 bits per heavy atom. The summed E-state index contributed by atoms with van der Waals surface area (Å²) in [6, 6.07) is 0.132. The van der Waals surface area contributed by atoms with E-state index >= 15 is 0 Å². The van der Waals surface area contributed by atoms with Gasteiger partial charge in [-0.05, 0) is 32.7 Å². The molecule has 0 aromatic rings. The van der Waals surface area contributed by atoms with Gasteiger partial charge in [-0.25, -0.2) is 4.79 Å². The van der Waals surface area contributed by atoms with Gasteiger partial charge in [0.15, 0.2) is 0 Å². The number of allylic oxidation sites excluding steroid dienone is 1. The lowest BCUT2D eigenvalue weighted by Crippen LogP contribution is -2.36. The molecule has 24 heavy (non-hydrogen) atoms. The van der Waals surface area contributed by atoms with Gasteiger partial charge in [-0.2, -0.15) is 0 Å². The van der Waals surface area contributed by atoms with Crippen LogP contribution in [0.4, 0.5) is 0 Å². The molecule has 0 spiro atoms.